The second kappa shape index (κ2) is 30.3. The highest BCUT2D eigenvalue weighted by Crippen LogP contribution is 2.43. The van der Waals surface area contributed by atoms with Gasteiger partial charge in [0.25, 0.3) is 0 Å². The van der Waals surface area contributed by atoms with Crippen LogP contribution in [0.1, 0.15) is 107 Å². The fourth-order valence-electron chi connectivity index (χ4n) is 9.91. The summed E-state index contributed by atoms with van der Waals surface area (Å²) in [4.78, 5) is 56.0. The average molecular weight is 1390 g/mol. The number of likely N-dealkylation sites (tertiary alicyclic amines) is 3. The summed E-state index contributed by atoms with van der Waals surface area (Å²) in [6.07, 6.45) is -14.7. The Morgan fingerprint density at radius 2 is 0.819 bits per heavy atom. The van der Waals surface area contributed by atoms with Crippen molar-refractivity contribution in [1.82, 2.24) is 34.6 Å². The average Bonchev–Trinajstić information content (AvgIpc) is 0.800. The van der Waals surface area contributed by atoms with Gasteiger partial charge in [-0.2, -0.15) is 39.5 Å². The van der Waals surface area contributed by atoms with Gasteiger partial charge in [0, 0.05) is 131 Å². The van der Waals surface area contributed by atoms with Gasteiger partial charge in [-0.05, 0) is 72.8 Å². The van der Waals surface area contributed by atoms with E-state index in [1.165, 1.54) is 27.0 Å². The number of benzene rings is 2. The SMILES string of the molecule is O=C(Nc1ccc(C(F)(F)F)c(Cl)c1)N1CCC(F)(c2ncc([C@H](O)CO)cc2Cl)CC1.O=C(Nc1ccc(C(F)(F)F)cc1)N1CCC(F)(c2ncc([C@H](O)CO)cc2F)CC1.O=C(Nc1ccc(C(F)(F)F)cn1)N1CCC(F)(c2ncc([C@@H](O)CO)cc2F)CC1. The predicted molar refractivity (Wildman–Crippen MR) is 309 cm³/mol. The smallest absolute Gasteiger partial charge is 0.393 e. The molecule has 3 fully saturated rings. The van der Waals surface area contributed by atoms with Crippen LogP contribution in [0.2, 0.25) is 10.0 Å². The summed E-state index contributed by atoms with van der Waals surface area (Å²) in [5.41, 5.74) is -9.42. The predicted octanol–water partition coefficient (Wildman–Crippen LogP) is 11.8. The quantitative estimate of drug-likeness (QED) is 0.0517. The number of hydrogen-bond acceptors (Lipinski definition) is 13. The fraction of sp³-hybridized carbons (Fsp3) is 0.407. The molecular formula is C59H58Cl2F14N10O9. The Hall–Kier alpha value is -7.79. The fourth-order valence-corrected chi connectivity index (χ4v) is 10.5. The molecule has 0 saturated carbocycles. The molecule has 3 aliphatic rings. The molecule has 0 aliphatic carbocycles. The Morgan fingerprint density at radius 3 is 1.17 bits per heavy atom. The van der Waals surface area contributed by atoms with Crippen LogP contribution in [0, 0.1) is 11.6 Å². The van der Waals surface area contributed by atoms with Crippen molar-refractivity contribution in [3.8, 4) is 0 Å². The molecule has 35 heteroatoms. The van der Waals surface area contributed by atoms with Crippen LogP contribution in [0.4, 0.5) is 93.0 Å². The topological polar surface area (TPSA) is 270 Å². The van der Waals surface area contributed by atoms with Gasteiger partial charge in [-0.1, -0.05) is 23.2 Å². The van der Waals surface area contributed by atoms with Gasteiger partial charge < -0.3 is 56.0 Å². The van der Waals surface area contributed by atoms with Gasteiger partial charge in [0.2, 0.25) is 0 Å². The minimum absolute atomic E-state index is 0.00482. The Balaban J connectivity index is 0.000000200. The molecule has 7 heterocycles. The molecule has 4 aromatic heterocycles. The maximum absolute atomic E-state index is 15.5. The van der Waals surface area contributed by atoms with E-state index in [9.17, 15) is 78.0 Å². The molecule has 3 atom stereocenters. The number of piperidine rings is 3. The normalized spacial score (nSPS) is 17.3. The number of alkyl halides is 12. The molecule has 2 aromatic carbocycles. The third-order valence-electron chi connectivity index (χ3n) is 15.4. The van der Waals surface area contributed by atoms with Crippen molar-refractivity contribution in [1.29, 1.82) is 0 Å². The first-order chi connectivity index (χ1) is 44.0. The zero-order valence-corrected chi connectivity index (χ0v) is 50.2. The lowest BCUT2D eigenvalue weighted by atomic mass is 9.89. The Kier molecular flexibility index (Phi) is 23.7. The van der Waals surface area contributed by atoms with E-state index in [0.717, 1.165) is 79.1 Å². The van der Waals surface area contributed by atoms with Crippen molar-refractivity contribution in [3.05, 3.63) is 170 Å². The lowest BCUT2D eigenvalue weighted by molar-refractivity contribution is -0.138. The van der Waals surface area contributed by atoms with E-state index in [1.807, 2.05) is 0 Å². The van der Waals surface area contributed by atoms with Crippen LogP contribution in [0.3, 0.4) is 0 Å². The molecule has 510 valence electrons. The molecule has 0 bridgehead atoms. The van der Waals surface area contributed by atoms with Crippen LogP contribution in [0.5, 0.6) is 0 Å². The monoisotopic (exact) mass is 1390 g/mol. The Bertz CT molecular complexity index is 3450. The highest BCUT2D eigenvalue weighted by molar-refractivity contribution is 6.32. The molecule has 6 amide bonds. The second-order valence-electron chi connectivity index (χ2n) is 21.7. The number of halogens is 16. The van der Waals surface area contributed by atoms with Crippen molar-refractivity contribution in [2.24, 2.45) is 0 Å². The van der Waals surface area contributed by atoms with E-state index in [2.05, 4.69) is 35.9 Å². The number of carbonyl (C=O) groups excluding carboxylic acids is 3. The van der Waals surface area contributed by atoms with E-state index in [0.29, 0.717) is 6.20 Å². The number of nitrogens with one attached hydrogen (secondary N) is 3. The van der Waals surface area contributed by atoms with Crippen molar-refractivity contribution in [2.75, 3.05) is 75.0 Å². The highest BCUT2D eigenvalue weighted by Gasteiger charge is 2.44. The zero-order valence-electron chi connectivity index (χ0n) is 48.7. The lowest BCUT2D eigenvalue weighted by Crippen LogP contribution is -2.45. The van der Waals surface area contributed by atoms with Gasteiger partial charge in [0.15, 0.2) is 17.0 Å². The first-order valence-electron chi connectivity index (χ1n) is 28.2. The highest BCUT2D eigenvalue weighted by atomic mass is 35.5. The molecular weight excluding hydrogens is 1330 g/mol. The van der Waals surface area contributed by atoms with Gasteiger partial charge in [-0.25, -0.2) is 41.3 Å². The van der Waals surface area contributed by atoms with Gasteiger partial charge in [-0.3, -0.25) is 20.3 Å². The van der Waals surface area contributed by atoms with Gasteiger partial charge in [0.1, 0.15) is 47.2 Å². The summed E-state index contributed by atoms with van der Waals surface area (Å²) in [5.74, 6) is -2.03. The zero-order chi connectivity index (χ0) is 69.3. The van der Waals surface area contributed by atoms with Crippen molar-refractivity contribution in [2.45, 2.75) is 92.4 Å². The van der Waals surface area contributed by atoms with E-state index in [4.69, 9.17) is 38.5 Å². The van der Waals surface area contributed by atoms with Crippen LogP contribution < -0.4 is 16.0 Å². The summed E-state index contributed by atoms with van der Waals surface area (Å²) < 4.78 is 189. The van der Waals surface area contributed by atoms with Crippen molar-refractivity contribution >= 4 is 58.5 Å². The molecule has 3 saturated heterocycles. The molecule has 9 N–H and O–H groups in total. The van der Waals surface area contributed by atoms with Gasteiger partial charge >= 0.3 is 36.6 Å². The van der Waals surface area contributed by atoms with E-state index >= 15 is 13.2 Å². The number of rotatable bonds is 12. The molecule has 9 rings (SSSR count). The number of pyridine rings is 4. The third-order valence-corrected chi connectivity index (χ3v) is 16.0. The summed E-state index contributed by atoms with van der Waals surface area (Å²) >= 11 is 11.8. The molecule has 6 aromatic rings. The summed E-state index contributed by atoms with van der Waals surface area (Å²) in [6, 6.07) is 9.79. The van der Waals surface area contributed by atoms with Crippen molar-refractivity contribution < 1.29 is 106 Å². The number of aliphatic hydroxyl groups excluding tert-OH is 6. The first-order valence-corrected chi connectivity index (χ1v) is 28.9. The largest absolute Gasteiger partial charge is 0.417 e. The van der Waals surface area contributed by atoms with Crippen molar-refractivity contribution in [3.63, 3.8) is 0 Å². The number of amides is 6. The summed E-state index contributed by atoms with van der Waals surface area (Å²) in [6.45, 7) is -2.10. The summed E-state index contributed by atoms with van der Waals surface area (Å²) in [7, 11) is 0. The molecule has 0 radical (unpaired) electrons. The molecule has 94 heavy (non-hydrogen) atoms. The van der Waals surface area contributed by atoms with Crippen LogP contribution in [-0.2, 0) is 35.5 Å². The molecule has 3 aliphatic heterocycles. The van der Waals surface area contributed by atoms with E-state index < -0.39 is 136 Å². The molecule has 19 nitrogen and oxygen atoms in total. The number of aromatic nitrogens is 4. The lowest BCUT2D eigenvalue weighted by Gasteiger charge is -2.36. The van der Waals surface area contributed by atoms with Crippen LogP contribution in [0.15, 0.2) is 97.6 Å². The number of aliphatic hydroxyl groups is 6. The molecule has 0 unspecified atom stereocenters. The number of anilines is 3. The van der Waals surface area contributed by atoms with Crippen LogP contribution in [0.25, 0.3) is 0 Å². The number of nitrogens with zero attached hydrogens (tertiary/aromatic N) is 7. The maximum Gasteiger partial charge on any atom is 0.417 e. The standard InChI is InChI=1S/C20H19Cl2F4N3O3.C20H20F5N3O3.C19H19F5N4O3/c21-14-8-12(1-2-13(14)20(24,25)26)28-18(32)29-5-3-19(23,4-6-29)17-15(22)7-11(9-27-17)16(31)10-30;21-15-9-12(16(30)11-29)10-26-17(15)19(22)5-7-28(8-6-19)18(31)27-14-3-1-13(2-4-14)20(23,24)25;20-13-7-11(14(30)10-29)8-26-16(13)18(21)3-5-28(6-4-18)17(31)27-15-2-1-12(9-25-15)19(22,23)24/h1-2,7-9,16,30-31H,3-6,10H2,(H,28,32);1-4,9-10,16,29-30H,5-8,11H2,(H,27,31);1-2,7-9,14,29-30H,3-6,10H2,(H,25,27,31)/t2*16-;14-/m110/s1. The number of urea groups is 3. The van der Waals surface area contributed by atoms with Crippen LogP contribution in [-0.4, -0.2) is 142 Å². The summed E-state index contributed by atoms with van der Waals surface area (Å²) in [5, 5.41) is 62.2. The Morgan fingerprint density at radius 1 is 0.457 bits per heavy atom. The van der Waals surface area contributed by atoms with Gasteiger partial charge in [0.05, 0.1) is 52.3 Å². The van der Waals surface area contributed by atoms with E-state index in [1.54, 1.807) is 0 Å². The van der Waals surface area contributed by atoms with E-state index in [-0.39, 0.29) is 122 Å². The molecule has 0 spiro atoms. The van der Waals surface area contributed by atoms with Gasteiger partial charge in [-0.15, -0.1) is 0 Å². The third kappa shape index (κ3) is 18.4. The van der Waals surface area contributed by atoms with Crippen LogP contribution >= 0.6 is 23.2 Å². The number of hydrogen-bond donors (Lipinski definition) is 9. The second-order valence-corrected chi connectivity index (χ2v) is 22.6. The Labute approximate surface area is 535 Å². The number of carbonyl (C=O) groups is 3. The maximum atomic E-state index is 15.5. The minimum atomic E-state index is -4.61. The first kappa shape index (κ1) is 73.6. The minimum Gasteiger partial charge on any atom is -0.393 e.